The summed E-state index contributed by atoms with van der Waals surface area (Å²) in [5.41, 5.74) is 1.93. The van der Waals surface area contributed by atoms with Crippen molar-refractivity contribution in [1.82, 2.24) is 9.97 Å². The van der Waals surface area contributed by atoms with Crippen LogP contribution in [0.5, 0.6) is 0 Å². The maximum Gasteiger partial charge on any atom is 0.145 e. The number of fused-ring (bicyclic) bond motifs is 1. The zero-order valence-electron chi connectivity index (χ0n) is 12.2. The molecule has 1 heterocycles. The molecule has 1 aliphatic carbocycles. The number of hydrogen-bond acceptors (Lipinski definition) is 3. The first-order chi connectivity index (χ1) is 9.85. The molecule has 1 aromatic carbocycles. The monoisotopic (exact) mass is 269 g/mol. The first-order valence-electron chi connectivity index (χ1n) is 7.83. The fourth-order valence-corrected chi connectivity index (χ4v) is 3.24. The van der Waals surface area contributed by atoms with Crippen LogP contribution in [-0.2, 0) is 0 Å². The molecule has 106 valence electrons. The Morgan fingerprint density at radius 2 is 1.85 bits per heavy atom. The molecular formula is C17H23N3. The van der Waals surface area contributed by atoms with Gasteiger partial charge in [-0.05, 0) is 43.7 Å². The summed E-state index contributed by atoms with van der Waals surface area (Å²) in [5.74, 6) is 1.86. The first kappa shape index (κ1) is 13.3. The molecule has 3 rings (SSSR count). The van der Waals surface area contributed by atoms with Crippen LogP contribution in [-0.4, -0.2) is 16.0 Å². The largest absolute Gasteiger partial charge is 0.366 e. The predicted molar refractivity (Wildman–Crippen MR) is 83.8 cm³/mol. The molecule has 0 bridgehead atoms. The molecule has 1 saturated carbocycles. The maximum atomic E-state index is 4.65. The van der Waals surface area contributed by atoms with E-state index >= 15 is 0 Å². The van der Waals surface area contributed by atoms with Gasteiger partial charge in [0.1, 0.15) is 5.82 Å². The number of hydrogen-bond donors (Lipinski definition) is 1. The summed E-state index contributed by atoms with van der Waals surface area (Å²) in [7, 11) is 0. The van der Waals surface area contributed by atoms with Gasteiger partial charge in [-0.2, -0.15) is 0 Å². The van der Waals surface area contributed by atoms with E-state index in [9.17, 15) is 0 Å². The van der Waals surface area contributed by atoms with E-state index in [1.807, 2.05) is 30.5 Å². The Balaban J connectivity index is 1.62. The van der Waals surface area contributed by atoms with Crippen LogP contribution in [0.1, 0.15) is 45.4 Å². The highest BCUT2D eigenvalue weighted by atomic mass is 15.0. The van der Waals surface area contributed by atoms with Crippen molar-refractivity contribution in [3.63, 3.8) is 0 Å². The molecule has 2 aromatic rings. The number of rotatable bonds is 4. The van der Waals surface area contributed by atoms with Crippen molar-refractivity contribution in [2.75, 3.05) is 5.32 Å². The van der Waals surface area contributed by atoms with Gasteiger partial charge in [0.05, 0.1) is 17.2 Å². The van der Waals surface area contributed by atoms with Crippen LogP contribution < -0.4 is 5.32 Å². The summed E-state index contributed by atoms with van der Waals surface area (Å²) in [6.07, 6.45) is 9.80. The molecule has 1 fully saturated rings. The second-order valence-corrected chi connectivity index (χ2v) is 5.89. The fraction of sp³-hybridized carbons (Fsp3) is 0.529. The molecule has 0 spiro atoms. The Morgan fingerprint density at radius 1 is 1.10 bits per heavy atom. The summed E-state index contributed by atoms with van der Waals surface area (Å²) < 4.78 is 0. The number of para-hydroxylation sites is 2. The summed E-state index contributed by atoms with van der Waals surface area (Å²) in [4.78, 5) is 9.12. The van der Waals surface area contributed by atoms with Crippen LogP contribution in [0.15, 0.2) is 30.5 Å². The smallest absolute Gasteiger partial charge is 0.145 e. The summed E-state index contributed by atoms with van der Waals surface area (Å²) >= 11 is 0. The number of anilines is 1. The lowest BCUT2D eigenvalue weighted by atomic mass is 9.83. The van der Waals surface area contributed by atoms with Gasteiger partial charge >= 0.3 is 0 Å². The van der Waals surface area contributed by atoms with Crippen molar-refractivity contribution < 1.29 is 0 Å². The van der Waals surface area contributed by atoms with E-state index in [2.05, 4.69) is 22.2 Å². The molecular weight excluding hydrogens is 246 g/mol. The molecule has 0 atom stereocenters. The SMILES string of the molecule is CCCC1CCC(Nc2cnc3ccccc3n2)CC1. The molecule has 0 unspecified atom stereocenters. The van der Waals surface area contributed by atoms with Crippen LogP contribution in [0, 0.1) is 5.92 Å². The van der Waals surface area contributed by atoms with Crippen molar-refractivity contribution in [3.8, 4) is 0 Å². The Bertz CT molecular complexity index is 559. The van der Waals surface area contributed by atoms with Crippen molar-refractivity contribution in [1.29, 1.82) is 0 Å². The molecule has 0 saturated heterocycles. The average Bonchev–Trinajstić information content (AvgIpc) is 2.49. The molecule has 1 aromatic heterocycles. The molecule has 0 amide bonds. The van der Waals surface area contributed by atoms with E-state index in [0.717, 1.165) is 22.8 Å². The van der Waals surface area contributed by atoms with Crippen LogP contribution >= 0.6 is 0 Å². The molecule has 1 aliphatic rings. The van der Waals surface area contributed by atoms with Gasteiger partial charge in [0.2, 0.25) is 0 Å². The minimum absolute atomic E-state index is 0.568. The molecule has 3 heteroatoms. The van der Waals surface area contributed by atoms with Crippen LogP contribution in [0.4, 0.5) is 5.82 Å². The number of benzene rings is 1. The molecule has 0 aliphatic heterocycles. The van der Waals surface area contributed by atoms with Gasteiger partial charge in [-0.3, -0.25) is 4.98 Å². The van der Waals surface area contributed by atoms with Crippen LogP contribution in [0.3, 0.4) is 0 Å². The normalized spacial score (nSPS) is 22.9. The third kappa shape index (κ3) is 3.09. The van der Waals surface area contributed by atoms with E-state index in [0.29, 0.717) is 6.04 Å². The van der Waals surface area contributed by atoms with E-state index in [4.69, 9.17) is 0 Å². The maximum absolute atomic E-state index is 4.65. The Morgan fingerprint density at radius 3 is 2.60 bits per heavy atom. The lowest BCUT2D eigenvalue weighted by molar-refractivity contribution is 0.318. The lowest BCUT2D eigenvalue weighted by Gasteiger charge is -2.29. The third-order valence-corrected chi connectivity index (χ3v) is 4.34. The quantitative estimate of drug-likeness (QED) is 0.894. The topological polar surface area (TPSA) is 37.8 Å². The van der Waals surface area contributed by atoms with E-state index in [-0.39, 0.29) is 0 Å². The van der Waals surface area contributed by atoms with Crippen LogP contribution in [0.25, 0.3) is 11.0 Å². The minimum Gasteiger partial charge on any atom is -0.366 e. The van der Waals surface area contributed by atoms with Gasteiger partial charge in [-0.25, -0.2) is 4.98 Å². The van der Waals surface area contributed by atoms with Gasteiger partial charge in [-0.15, -0.1) is 0 Å². The van der Waals surface area contributed by atoms with Crippen molar-refractivity contribution in [2.45, 2.75) is 51.5 Å². The summed E-state index contributed by atoms with van der Waals surface area (Å²) in [6, 6.07) is 8.60. The third-order valence-electron chi connectivity index (χ3n) is 4.34. The van der Waals surface area contributed by atoms with E-state index in [1.165, 1.54) is 38.5 Å². The van der Waals surface area contributed by atoms with Gasteiger partial charge < -0.3 is 5.32 Å². The molecule has 20 heavy (non-hydrogen) atoms. The average molecular weight is 269 g/mol. The van der Waals surface area contributed by atoms with E-state index in [1.54, 1.807) is 0 Å². The predicted octanol–water partition coefficient (Wildman–Crippen LogP) is 4.40. The highest BCUT2D eigenvalue weighted by Crippen LogP contribution is 2.29. The van der Waals surface area contributed by atoms with Crippen molar-refractivity contribution in [3.05, 3.63) is 30.5 Å². The Kier molecular flexibility index (Phi) is 4.14. The molecule has 1 N–H and O–H groups in total. The number of aromatic nitrogens is 2. The Hall–Kier alpha value is -1.64. The van der Waals surface area contributed by atoms with Crippen molar-refractivity contribution in [2.24, 2.45) is 5.92 Å². The number of nitrogens with one attached hydrogen (secondary N) is 1. The second-order valence-electron chi connectivity index (χ2n) is 5.89. The summed E-state index contributed by atoms with van der Waals surface area (Å²) in [5, 5.41) is 3.56. The van der Waals surface area contributed by atoms with E-state index < -0.39 is 0 Å². The van der Waals surface area contributed by atoms with Gasteiger partial charge in [0.15, 0.2) is 0 Å². The zero-order valence-corrected chi connectivity index (χ0v) is 12.2. The van der Waals surface area contributed by atoms with Crippen molar-refractivity contribution >= 4 is 16.9 Å². The lowest BCUT2D eigenvalue weighted by Crippen LogP contribution is -2.26. The van der Waals surface area contributed by atoms with Gasteiger partial charge in [-0.1, -0.05) is 31.9 Å². The number of nitrogens with zero attached hydrogens (tertiary/aromatic N) is 2. The highest BCUT2D eigenvalue weighted by molar-refractivity contribution is 5.75. The Labute approximate surface area is 120 Å². The molecule has 3 nitrogen and oxygen atoms in total. The fourth-order valence-electron chi connectivity index (χ4n) is 3.24. The highest BCUT2D eigenvalue weighted by Gasteiger charge is 2.20. The van der Waals surface area contributed by atoms with Gasteiger partial charge in [0.25, 0.3) is 0 Å². The van der Waals surface area contributed by atoms with Crippen LogP contribution in [0.2, 0.25) is 0 Å². The van der Waals surface area contributed by atoms with Gasteiger partial charge in [0, 0.05) is 6.04 Å². The molecule has 0 radical (unpaired) electrons. The minimum atomic E-state index is 0.568. The zero-order chi connectivity index (χ0) is 13.8. The first-order valence-corrected chi connectivity index (χ1v) is 7.83. The summed E-state index contributed by atoms with van der Waals surface area (Å²) in [6.45, 7) is 2.29. The second kappa shape index (κ2) is 6.21. The standard InChI is InChI=1S/C17H23N3/c1-2-5-13-8-10-14(11-9-13)19-17-12-18-15-6-3-4-7-16(15)20-17/h3-4,6-7,12-14H,2,5,8-11H2,1H3,(H,19,20).